The minimum Gasteiger partial charge on any atom is -0.452 e. The molecule has 2 amide bonds. The first-order valence-electron chi connectivity index (χ1n) is 7.83. The number of esters is 1. The topological polar surface area (TPSA) is 99.5 Å². The van der Waals surface area contributed by atoms with Gasteiger partial charge in [0.25, 0.3) is 5.91 Å². The highest BCUT2D eigenvalue weighted by molar-refractivity contribution is 6.32. The fraction of sp³-hybridized carbons (Fsp3) is 0.294. The predicted octanol–water partition coefficient (Wildman–Crippen LogP) is 2.32. The lowest BCUT2D eigenvalue weighted by atomic mass is 10.2. The minimum atomic E-state index is -0.904. The van der Waals surface area contributed by atoms with Gasteiger partial charge in [-0.05, 0) is 19.4 Å². The lowest BCUT2D eigenvalue weighted by Crippen LogP contribution is -2.34. The molecule has 0 bridgehead atoms. The molecule has 0 unspecified atom stereocenters. The quantitative estimate of drug-likeness (QED) is 0.773. The number of nitrogens with zero attached hydrogens (tertiary/aromatic N) is 2. The zero-order chi connectivity index (χ0) is 19.1. The number of aryl methyl sites for hydroxylation is 1. The number of imide groups is 1. The molecule has 9 heteroatoms. The van der Waals surface area contributed by atoms with E-state index >= 15 is 0 Å². The van der Waals surface area contributed by atoms with Gasteiger partial charge in [0.1, 0.15) is 10.7 Å². The van der Waals surface area contributed by atoms with Gasteiger partial charge in [-0.2, -0.15) is 5.10 Å². The Morgan fingerprint density at radius 3 is 2.54 bits per heavy atom. The molecule has 0 aliphatic rings. The van der Waals surface area contributed by atoms with E-state index in [2.05, 4.69) is 9.84 Å². The van der Waals surface area contributed by atoms with Crippen LogP contribution in [0.1, 0.15) is 28.5 Å². The number of carbonyl (C=O) groups excluding carboxylic acids is 3. The van der Waals surface area contributed by atoms with E-state index in [1.54, 1.807) is 13.8 Å². The van der Waals surface area contributed by atoms with Crippen LogP contribution in [0.25, 0.3) is 0 Å². The van der Waals surface area contributed by atoms with Crippen molar-refractivity contribution in [2.24, 2.45) is 0 Å². The van der Waals surface area contributed by atoms with Gasteiger partial charge in [0.15, 0.2) is 6.61 Å². The van der Waals surface area contributed by atoms with E-state index in [-0.39, 0.29) is 17.3 Å². The number of aromatic nitrogens is 2. The van der Waals surface area contributed by atoms with Crippen molar-refractivity contribution in [2.75, 3.05) is 13.2 Å². The second-order valence-electron chi connectivity index (χ2n) is 5.24. The number of halogens is 1. The molecule has 2 rings (SSSR count). The van der Waals surface area contributed by atoms with Crippen LogP contribution in [-0.2, 0) is 20.8 Å². The van der Waals surface area contributed by atoms with Gasteiger partial charge in [-0.25, -0.2) is 14.3 Å². The van der Waals surface area contributed by atoms with Crippen LogP contribution in [0.5, 0.6) is 0 Å². The number of amides is 2. The molecule has 1 heterocycles. The van der Waals surface area contributed by atoms with E-state index < -0.39 is 24.6 Å². The fourth-order valence-corrected chi connectivity index (χ4v) is 2.48. The van der Waals surface area contributed by atoms with E-state index in [0.717, 1.165) is 5.56 Å². The number of rotatable bonds is 6. The maximum Gasteiger partial charge on any atom is 0.413 e. The Bertz CT molecular complexity index is 804. The van der Waals surface area contributed by atoms with Gasteiger partial charge in [-0.3, -0.25) is 10.1 Å². The Labute approximate surface area is 155 Å². The second-order valence-corrected chi connectivity index (χ2v) is 5.60. The van der Waals surface area contributed by atoms with Crippen molar-refractivity contribution in [2.45, 2.75) is 20.4 Å². The average Bonchev–Trinajstić information content (AvgIpc) is 2.87. The summed E-state index contributed by atoms with van der Waals surface area (Å²) in [5, 5.41) is 6.27. The molecule has 1 aromatic carbocycles. The number of hydrogen-bond acceptors (Lipinski definition) is 6. The molecule has 0 saturated heterocycles. The molecule has 0 radical (unpaired) electrons. The van der Waals surface area contributed by atoms with Crippen LogP contribution in [-0.4, -0.2) is 41.0 Å². The molecule has 8 nitrogen and oxygen atoms in total. The highest BCUT2D eigenvalue weighted by Gasteiger charge is 2.23. The van der Waals surface area contributed by atoms with Gasteiger partial charge in [0.05, 0.1) is 18.8 Å². The van der Waals surface area contributed by atoms with E-state index in [4.69, 9.17) is 16.3 Å². The van der Waals surface area contributed by atoms with Crippen LogP contribution in [0.15, 0.2) is 30.3 Å². The van der Waals surface area contributed by atoms with Crippen molar-refractivity contribution in [3.05, 3.63) is 52.3 Å². The van der Waals surface area contributed by atoms with Gasteiger partial charge in [0, 0.05) is 0 Å². The van der Waals surface area contributed by atoms with Crippen molar-refractivity contribution in [3.8, 4) is 0 Å². The van der Waals surface area contributed by atoms with Gasteiger partial charge in [-0.1, -0.05) is 41.9 Å². The van der Waals surface area contributed by atoms with E-state index in [1.165, 1.54) is 4.68 Å². The smallest absolute Gasteiger partial charge is 0.413 e. The number of ether oxygens (including phenoxy) is 2. The molecule has 1 N–H and O–H groups in total. The zero-order valence-electron chi connectivity index (χ0n) is 14.3. The third-order valence-electron chi connectivity index (χ3n) is 3.30. The highest BCUT2D eigenvalue weighted by atomic mass is 35.5. The van der Waals surface area contributed by atoms with Crippen molar-refractivity contribution < 1.29 is 23.9 Å². The van der Waals surface area contributed by atoms with E-state index in [0.29, 0.717) is 12.2 Å². The Hall–Kier alpha value is -2.87. The van der Waals surface area contributed by atoms with Crippen LogP contribution in [0.2, 0.25) is 5.15 Å². The summed E-state index contributed by atoms with van der Waals surface area (Å²) in [6.45, 7) is 3.08. The summed E-state index contributed by atoms with van der Waals surface area (Å²) in [4.78, 5) is 34.9. The van der Waals surface area contributed by atoms with Gasteiger partial charge < -0.3 is 9.47 Å². The largest absolute Gasteiger partial charge is 0.452 e. The first-order chi connectivity index (χ1) is 12.4. The fourth-order valence-electron chi connectivity index (χ4n) is 2.17. The predicted molar refractivity (Wildman–Crippen MR) is 93.0 cm³/mol. The third-order valence-corrected chi connectivity index (χ3v) is 3.68. The van der Waals surface area contributed by atoms with Crippen molar-refractivity contribution in [1.29, 1.82) is 0 Å². The SMILES string of the molecule is CCOC(=O)NC(=O)COC(=O)c1c(C)nn(Cc2ccccc2)c1Cl. The van der Waals surface area contributed by atoms with Gasteiger partial charge >= 0.3 is 12.1 Å². The zero-order valence-corrected chi connectivity index (χ0v) is 15.1. The number of nitrogens with one attached hydrogen (secondary N) is 1. The molecule has 0 fully saturated rings. The van der Waals surface area contributed by atoms with Gasteiger partial charge in [0.2, 0.25) is 0 Å². The Kier molecular flexibility index (Phi) is 6.74. The maximum atomic E-state index is 12.2. The lowest BCUT2D eigenvalue weighted by Gasteiger charge is -2.06. The monoisotopic (exact) mass is 379 g/mol. The van der Waals surface area contributed by atoms with Crippen molar-refractivity contribution in [1.82, 2.24) is 15.1 Å². The van der Waals surface area contributed by atoms with Crippen LogP contribution >= 0.6 is 11.6 Å². The standard InChI is InChI=1S/C17H18ClN3O5/c1-3-25-17(24)19-13(22)10-26-16(23)14-11(2)20-21(15(14)18)9-12-7-5-4-6-8-12/h4-8H,3,9-10H2,1-2H3,(H,19,22,24). The maximum absolute atomic E-state index is 12.2. The minimum absolute atomic E-state index is 0.0755. The molecular weight excluding hydrogens is 362 g/mol. The van der Waals surface area contributed by atoms with Crippen molar-refractivity contribution in [3.63, 3.8) is 0 Å². The van der Waals surface area contributed by atoms with E-state index in [9.17, 15) is 14.4 Å². The summed E-state index contributed by atoms with van der Waals surface area (Å²) in [6.07, 6.45) is -0.904. The summed E-state index contributed by atoms with van der Waals surface area (Å²) in [7, 11) is 0. The van der Waals surface area contributed by atoms with Crippen LogP contribution < -0.4 is 5.32 Å². The molecular formula is C17H18ClN3O5. The molecule has 0 spiro atoms. The molecule has 0 atom stereocenters. The molecule has 0 saturated carbocycles. The molecule has 0 aliphatic heterocycles. The first kappa shape index (κ1) is 19.5. The van der Waals surface area contributed by atoms with Crippen LogP contribution in [0, 0.1) is 6.92 Å². The number of carbonyl (C=O) groups is 3. The van der Waals surface area contributed by atoms with Crippen LogP contribution in [0.4, 0.5) is 4.79 Å². The summed E-state index contributed by atoms with van der Waals surface area (Å²) >= 11 is 6.24. The Morgan fingerprint density at radius 1 is 1.19 bits per heavy atom. The lowest BCUT2D eigenvalue weighted by molar-refractivity contribution is -0.123. The molecule has 26 heavy (non-hydrogen) atoms. The summed E-state index contributed by atoms with van der Waals surface area (Å²) in [6, 6.07) is 9.48. The summed E-state index contributed by atoms with van der Waals surface area (Å²) < 4.78 is 10.9. The summed E-state index contributed by atoms with van der Waals surface area (Å²) in [5.41, 5.74) is 1.42. The highest BCUT2D eigenvalue weighted by Crippen LogP contribution is 2.21. The molecule has 138 valence electrons. The third kappa shape index (κ3) is 5.06. The molecule has 2 aromatic rings. The Morgan fingerprint density at radius 2 is 1.88 bits per heavy atom. The van der Waals surface area contributed by atoms with Gasteiger partial charge in [-0.15, -0.1) is 0 Å². The van der Waals surface area contributed by atoms with Crippen LogP contribution in [0.3, 0.4) is 0 Å². The summed E-state index contributed by atoms with van der Waals surface area (Å²) in [5.74, 6) is -1.60. The number of hydrogen-bond donors (Lipinski definition) is 1. The van der Waals surface area contributed by atoms with E-state index in [1.807, 2.05) is 35.6 Å². The molecule has 0 aliphatic carbocycles. The average molecular weight is 380 g/mol. The van der Waals surface area contributed by atoms with Crippen molar-refractivity contribution >= 4 is 29.6 Å². The number of alkyl carbamates (subject to hydrolysis) is 1. The second kappa shape index (κ2) is 9.00. The number of benzene rings is 1. The first-order valence-corrected chi connectivity index (χ1v) is 8.20. The Balaban J connectivity index is 2.01. The molecule has 1 aromatic heterocycles. The normalized spacial score (nSPS) is 10.3.